The largest absolute Gasteiger partial charge is 0.477 e. The third-order valence-corrected chi connectivity index (χ3v) is 3.80. The second-order valence-electron chi connectivity index (χ2n) is 4.40. The highest BCUT2D eigenvalue weighted by molar-refractivity contribution is 7.14. The maximum Gasteiger partial charge on any atom is 0.347 e. The molecule has 1 aromatic carbocycles. The Balaban J connectivity index is 2.15. The molecule has 3 nitrogen and oxygen atoms in total. The molecule has 20 heavy (non-hydrogen) atoms. The second-order valence-corrected chi connectivity index (χ2v) is 5.43. The van der Waals surface area contributed by atoms with Crippen molar-refractivity contribution in [1.82, 2.24) is 4.98 Å². The van der Waals surface area contributed by atoms with Crippen molar-refractivity contribution in [3.8, 4) is 0 Å². The predicted octanol–water partition coefficient (Wildman–Crippen LogP) is 4.27. The van der Waals surface area contributed by atoms with Crippen molar-refractivity contribution in [2.24, 2.45) is 0 Å². The van der Waals surface area contributed by atoms with Gasteiger partial charge in [0, 0.05) is 0 Å². The summed E-state index contributed by atoms with van der Waals surface area (Å²) in [6.45, 7) is 3.71. The van der Waals surface area contributed by atoms with Crippen LogP contribution in [0.5, 0.6) is 0 Å². The van der Waals surface area contributed by atoms with Gasteiger partial charge in [0.25, 0.3) is 0 Å². The smallest absolute Gasteiger partial charge is 0.347 e. The molecule has 1 aromatic heterocycles. The van der Waals surface area contributed by atoms with Crippen LogP contribution in [-0.2, 0) is 0 Å². The van der Waals surface area contributed by atoms with Crippen molar-refractivity contribution in [3.63, 3.8) is 0 Å². The Hall–Kier alpha value is -2.20. The monoisotopic (exact) mass is 285 g/mol. The van der Waals surface area contributed by atoms with Crippen LogP contribution in [0.2, 0.25) is 0 Å². The van der Waals surface area contributed by atoms with Gasteiger partial charge in [-0.1, -0.05) is 48.1 Å². The number of carboxylic acids is 1. The quantitative estimate of drug-likeness (QED) is 0.854. The average Bonchev–Trinajstić information content (AvgIpc) is 2.79. The molecule has 0 fully saturated rings. The van der Waals surface area contributed by atoms with Crippen LogP contribution in [0.3, 0.4) is 0 Å². The zero-order chi connectivity index (χ0) is 14.5. The van der Waals surface area contributed by atoms with E-state index in [1.54, 1.807) is 6.92 Å². The lowest BCUT2D eigenvalue weighted by molar-refractivity contribution is 0.0701. The second kappa shape index (κ2) is 6.30. The van der Waals surface area contributed by atoms with Crippen LogP contribution in [0.1, 0.15) is 32.9 Å². The maximum atomic E-state index is 10.9. The number of thiazole rings is 1. The number of benzene rings is 1. The molecule has 0 aliphatic heterocycles. The maximum absolute atomic E-state index is 10.9. The van der Waals surface area contributed by atoms with Gasteiger partial charge in [-0.25, -0.2) is 9.78 Å². The number of rotatable bonds is 4. The zero-order valence-electron chi connectivity index (χ0n) is 11.3. The van der Waals surface area contributed by atoms with Crippen LogP contribution >= 0.6 is 11.3 Å². The third kappa shape index (κ3) is 3.65. The van der Waals surface area contributed by atoms with Crippen LogP contribution in [0.4, 0.5) is 0 Å². The Bertz CT molecular complexity index is 669. The Morgan fingerprint density at radius 3 is 2.60 bits per heavy atom. The Morgan fingerprint density at radius 2 is 2.00 bits per heavy atom. The lowest BCUT2D eigenvalue weighted by atomic mass is 10.1. The van der Waals surface area contributed by atoms with Crippen molar-refractivity contribution < 1.29 is 9.90 Å². The van der Waals surface area contributed by atoms with Crippen LogP contribution in [0, 0.1) is 6.92 Å². The first kappa shape index (κ1) is 14.2. The predicted molar refractivity (Wildman–Crippen MR) is 82.9 cm³/mol. The molecule has 1 heterocycles. The first-order chi connectivity index (χ1) is 9.56. The molecule has 0 saturated heterocycles. The fraction of sp³-hybridized carbons (Fsp3) is 0.125. The third-order valence-electron chi connectivity index (χ3n) is 2.69. The molecule has 0 atom stereocenters. The van der Waals surface area contributed by atoms with Gasteiger partial charge in [-0.2, -0.15) is 0 Å². The van der Waals surface area contributed by atoms with E-state index in [0.29, 0.717) is 15.6 Å². The number of carbonyl (C=O) groups is 1. The average molecular weight is 285 g/mol. The van der Waals surface area contributed by atoms with E-state index in [-0.39, 0.29) is 0 Å². The van der Waals surface area contributed by atoms with E-state index >= 15 is 0 Å². The summed E-state index contributed by atoms with van der Waals surface area (Å²) in [5.74, 6) is -0.920. The summed E-state index contributed by atoms with van der Waals surface area (Å²) in [5, 5.41) is 9.70. The summed E-state index contributed by atoms with van der Waals surface area (Å²) in [7, 11) is 0. The van der Waals surface area contributed by atoms with Crippen molar-refractivity contribution >= 4 is 29.5 Å². The number of aromatic nitrogens is 1. The summed E-state index contributed by atoms with van der Waals surface area (Å²) < 4.78 is 0. The van der Waals surface area contributed by atoms with Crippen LogP contribution in [-0.4, -0.2) is 16.1 Å². The van der Waals surface area contributed by atoms with Gasteiger partial charge in [-0.3, -0.25) is 0 Å². The molecule has 2 rings (SSSR count). The van der Waals surface area contributed by atoms with Crippen molar-refractivity contribution in [3.05, 3.63) is 63.1 Å². The minimum Gasteiger partial charge on any atom is -0.477 e. The van der Waals surface area contributed by atoms with Gasteiger partial charge in [-0.15, -0.1) is 11.3 Å². The molecular weight excluding hydrogens is 270 g/mol. The van der Waals surface area contributed by atoms with Crippen molar-refractivity contribution in [1.29, 1.82) is 0 Å². The Labute approximate surface area is 121 Å². The van der Waals surface area contributed by atoms with E-state index in [1.807, 2.05) is 49.4 Å². The molecule has 102 valence electrons. The van der Waals surface area contributed by atoms with Gasteiger partial charge in [0.1, 0.15) is 9.88 Å². The molecule has 2 aromatic rings. The molecule has 4 heteroatoms. The molecule has 0 amide bonds. The molecule has 0 unspecified atom stereocenters. The highest BCUT2D eigenvalue weighted by Gasteiger charge is 2.12. The first-order valence-electron chi connectivity index (χ1n) is 6.18. The summed E-state index contributed by atoms with van der Waals surface area (Å²) >= 11 is 1.19. The van der Waals surface area contributed by atoms with E-state index in [1.165, 1.54) is 11.3 Å². The van der Waals surface area contributed by atoms with Crippen LogP contribution in [0.25, 0.3) is 12.2 Å². The number of nitrogens with zero attached hydrogens (tertiary/aromatic N) is 1. The summed E-state index contributed by atoms with van der Waals surface area (Å²) in [5.41, 5.74) is 2.78. The van der Waals surface area contributed by atoms with Crippen LogP contribution in [0.15, 0.2) is 42.0 Å². The number of aryl methyl sites for hydroxylation is 1. The molecular formula is C16H15NO2S. The van der Waals surface area contributed by atoms with Crippen molar-refractivity contribution in [2.75, 3.05) is 0 Å². The minimum atomic E-state index is -0.920. The molecule has 0 spiro atoms. The molecule has 0 radical (unpaired) electrons. The van der Waals surface area contributed by atoms with Crippen molar-refractivity contribution in [2.45, 2.75) is 13.8 Å². The van der Waals surface area contributed by atoms with E-state index < -0.39 is 5.97 Å². The highest BCUT2D eigenvalue weighted by atomic mass is 32.1. The van der Waals surface area contributed by atoms with Gasteiger partial charge in [-0.05, 0) is 25.5 Å². The summed E-state index contributed by atoms with van der Waals surface area (Å²) in [6, 6.07) is 10.0. The SMILES string of the molecule is CC(/C=C\c1nc(C)c(C(=O)O)s1)=C\c1ccccc1. The molecule has 1 N–H and O–H groups in total. The Morgan fingerprint density at radius 1 is 1.30 bits per heavy atom. The van der Waals surface area contributed by atoms with E-state index in [4.69, 9.17) is 5.11 Å². The fourth-order valence-electron chi connectivity index (χ4n) is 1.75. The first-order valence-corrected chi connectivity index (χ1v) is 7.00. The van der Waals surface area contributed by atoms with Gasteiger partial charge >= 0.3 is 5.97 Å². The summed E-state index contributed by atoms with van der Waals surface area (Å²) in [4.78, 5) is 15.5. The normalized spacial score (nSPS) is 12.0. The zero-order valence-corrected chi connectivity index (χ0v) is 12.1. The molecule has 0 saturated carbocycles. The van der Waals surface area contributed by atoms with Gasteiger partial charge in [0.15, 0.2) is 0 Å². The minimum absolute atomic E-state index is 0.300. The molecule has 0 aliphatic carbocycles. The molecule has 0 aliphatic rings. The Kier molecular flexibility index (Phi) is 4.48. The number of aromatic carboxylic acids is 1. The number of allylic oxidation sites excluding steroid dienone is 2. The lowest BCUT2D eigenvalue weighted by Gasteiger charge is -1.94. The van der Waals surface area contributed by atoms with E-state index in [9.17, 15) is 4.79 Å². The topological polar surface area (TPSA) is 50.2 Å². The van der Waals surface area contributed by atoms with Gasteiger partial charge in [0.05, 0.1) is 5.69 Å². The number of hydrogen-bond donors (Lipinski definition) is 1. The standard InChI is InChI=1S/C16H15NO2S/c1-11(10-13-6-4-3-5-7-13)8-9-14-17-12(2)15(20-14)16(18)19/h3-10H,1-2H3,(H,18,19)/b9-8-,11-10+. The van der Waals surface area contributed by atoms with Gasteiger partial charge < -0.3 is 5.11 Å². The van der Waals surface area contributed by atoms with Crippen LogP contribution < -0.4 is 0 Å². The fourth-order valence-corrected chi connectivity index (χ4v) is 2.56. The number of hydrogen-bond acceptors (Lipinski definition) is 3. The lowest BCUT2D eigenvalue weighted by Crippen LogP contribution is -1.94. The van der Waals surface area contributed by atoms with E-state index in [0.717, 1.165) is 11.1 Å². The highest BCUT2D eigenvalue weighted by Crippen LogP contribution is 2.20. The van der Waals surface area contributed by atoms with Gasteiger partial charge in [0.2, 0.25) is 0 Å². The van der Waals surface area contributed by atoms with E-state index in [2.05, 4.69) is 11.1 Å². The number of carboxylic acid groups (broad SMARTS) is 1. The summed E-state index contributed by atoms with van der Waals surface area (Å²) in [6.07, 6.45) is 5.85. The molecule has 0 bridgehead atoms.